The summed E-state index contributed by atoms with van der Waals surface area (Å²) in [6, 6.07) is 12.2. The van der Waals surface area contributed by atoms with Crippen molar-refractivity contribution < 1.29 is 54.1 Å². The second kappa shape index (κ2) is 12.9. The Balaban J connectivity index is 1.82. The lowest BCUT2D eigenvalue weighted by Crippen LogP contribution is -2.22. The Kier molecular flexibility index (Phi) is 9.12. The van der Waals surface area contributed by atoms with Gasteiger partial charge in [-0.15, -0.1) is 0 Å². The van der Waals surface area contributed by atoms with Gasteiger partial charge in [-0.2, -0.15) is 0 Å². The van der Waals surface area contributed by atoms with Crippen LogP contribution in [-0.2, 0) is 14.4 Å². The highest BCUT2D eigenvalue weighted by Crippen LogP contribution is 2.38. The van der Waals surface area contributed by atoms with Crippen LogP contribution in [0.2, 0.25) is 0 Å². The molecule has 14 nitrogen and oxygen atoms in total. The number of aldehydes is 1. The number of phenols is 3. The maximum atomic E-state index is 11.2. The minimum absolute atomic E-state index is 0.0669. The monoisotopic (exact) mass is 605 g/mol. The number of phenolic OH excluding ortho intramolecular Hbond substituents is 3. The lowest BCUT2D eigenvalue weighted by atomic mass is 10.1. The first-order valence-electron chi connectivity index (χ1n) is 13.0. The van der Waals surface area contributed by atoms with Crippen molar-refractivity contribution in [3.63, 3.8) is 0 Å². The van der Waals surface area contributed by atoms with E-state index in [-0.39, 0.29) is 68.7 Å². The number of carbonyl (C=O) groups excluding carboxylic acids is 1. The van der Waals surface area contributed by atoms with Crippen molar-refractivity contribution in [2.45, 2.75) is 39.1 Å². The van der Waals surface area contributed by atoms with Crippen LogP contribution in [0.4, 0.5) is 0 Å². The topological polar surface area (TPSA) is 219 Å². The SMILES string of the molecule is CC(C=O)Oc1ccc(-c2nc(-c3ccc(OC(C)C(=O)O)cc3O)nc(-c3ccc(OC(C)C(=O)O)cc3O)n2)c(O)c1. The molecule has 14 heteroatoms. The summed E-state index contributed by atoms with van der Waals surface area (Å²) in [6.45, 7) is 4.18. The minimum atomic E-state index is -1.20. The van der Waals surface area contributed by atoms with E-state index in [1.807, 2.05) is 0 Å². The Hall–Kier alpha value is -5.92. The van der Waals surface area contributed by atoms with E-state index in [2.05, 4.69) is 15.0 Å². The van der Waals surface area contributed by atoms with E-state index in [0.29, 0.717) is 6.29 Å². The molecule has 4 aromatic rings. The highest BCUT2D eigenvalue weighted by molar-refractivity contribution is 5.76. The Bertz CT molecular complexity index is 1640. The van der Waals surface area contributed by atoms with Crippen LogP contribution in [0.3, 0.4) is 0 Å². The van der Waals surface area contributed by atoms with Crippen LogP contribution in [0.25, 0.3) is 34.2 Å². The summed E-state index contributed by atoms with van der Waals surface area (Å²) in [5, 5.41) is 50.6. The Morgan fingerprint density at radius 3 is 1.20 bits per heavy atom. The molecule has 0 aliphatic carbocycles. The fraction of sp³-hybridized carbons (Fsp3) is 0.200. The number of ether oxygens (including phenoxy) is 3. The first kappa shape index (κ1) is 31.0. The standard InChI is InChI=1S/C30H27N3O11/c1-14(13-34)42-17-4-7-20(23(35)10-17)26-31-27(21-8-5-18(11-24(21)36)43-15(2)29(38)39)33-28(32-26)22-9-6-19(12-25(22)37)44-16(3)30(40)41/h4-16,35-37H,1-3H3,(H,38,39)(H,40,41). The molecule has 0 saturated carbocycles. The number of benzene rings is 3. The summed E-state index contributed by atoms with van der Waals surface area (Å²) in [6.07, 6.45) is -2.55. The molecule has 0 fully saturated rings. The molecule has 1 aromatic heterocycles. The van der Waals surface area contributed by atoms with E-state index >= 15 is 0 Å². The van der Waals surface area contributed by atoms with E-state index in [9.17, 15) is 29.7 Å². The quantitative estimate of drug-likeness (QED) is 0.146. The van der Waals surface area contributed by atoms with Gasteiger partial charge in [0.15, 0.2) is 42.1 Å². The largest absolute Gasteiger partial charge is 0.507 e. The third-order valence-electron chi connectivity index (χ3n) is 6.10. The number of carbonyl (C=O) groups is 3. The van der Waals surface area contributed by atoms with Crippen LogP contribution in [0.15, 0.2) is 54.6 Å². The fourth-order valence-corrected chi connectivity index (χ4v) is 3.81. The molecule has 44 heavy (non-hydrogen) atoms. The summed E-state index contributed by atoms with van der Waals surface area (Å²) in [4.78, 5) is 46.5. The Morgan fingerprint density at radius 1 is 0.614 bits per heavy atom. The number of aromatic nitrogens is 3. The fourth-order valence-electron chi connectivity index (χ4n) is 3.81. The molecule has 0 saturated heterocycles. The van der Waals surface area contributed by atoms with E-state index < -0.39 is 30.3 Å². The second-order valence-corrected chi connectivity index (χ2v) is 9.50. The van der Waals surface area contributed by atoms with Crippen LogP contribution in [0.5, 0.6) is 34.5 Å². The van der Waals surface area contributed by atoms with Gasteiger partial charge in [-0.1, -0.05) is 0 Å². The molecule has 3 atom stereocenters. The van der Waals surface area contributed by atoms with Crippen molar-refractivity contribution in [1.29, 1.82) is 0 Å². The number of rotatable bonds is 12. The van der Waals surface area contributed by atoms with Crippen LogP contribution in [0.1, 0.15) is 20.8 Å². The maximum absolute atomic E-state index is 11.2. The highest BCUT2D eigenvalue weighted by atomic mass is 16.5. The zero-order valence-corrected chi connectivity index (χ0v) is 23.5. The van der Waals surface area contributed by atoms with Gasteiger partial charge in [0, 0.05) is 18.2 Å². The summed E-state index contributed by atoms with van der Waals surface area (Å²) < 4.78 is 16.0. The molecule has 228 valence electrons. The second-order valence-electron chi connectivity index (χ2n) is 9.50. The van der Waals surface area contributed by atoms with E-state index in [0.717, 1.165) is 0 Å². The van der Waals surface area contributed by atoms with E-state index in [4.69, 9.17) is 24.4 Å². The van der Waals surface area contributed by atoms with Crippen molar-refractivity contribution in [3.05, 3.63) is 54.6 Å². The molecule has 0 amide bonds. The first-order chi connectivity index (χ1) is 20.9. The zero-order valence-electron chi connectivity index (χ0n) is 23.5. The Morgan fingerprint density at radius 2 is 0.932 bits per heavy atom. The van der Waals surface area contributed by atoms with Crippen molar-refractivity contribution >= 4 is 18.2 Å². The molecular formula is C30H27N3O11. The van der Waals surface area contributed by atoms with Crippen molar-refractivity contribution in [1.82, 2.24) is 15.0 Å². The molecule has 5 N–H and O–H groups in total. The van der Waals surface area contributed by atoms with Crippen LogP contribution in [-0.4, -0.2) is 77.0 Å². The molecule has 0 bridgehead atoms. The van der Waals surface area contributed by atoms with Crippen molar-refractivity contribution in [2.24, 2.45) is 0 Å². The number of aliphatic carboxylic acids is 2. The number of nitrogens with zero attached hydrogens (tertiary/aromatic N) is 3. The number of carboxylic acid groups (broad SMARTS) is 2. The molecule has 0 aliphatic rings. The summed E-state index contributed by atoms with van der Waals surface area (Å²) in [5.41, 5.74) is 0.281. The molecule has 0 radical (unpaired) electrons. The minimum Gasteiger partial charge on any atom is -0.507 e. The first-order valence-corrected chi connectivity index (χ1v) is 13.0. The van der Waals surface area contributed by atoms with Gasteiger partial charge in [0.25, 0.3) is 0 Å². The van der Waals surface area contributed by atoms with Gasteiger partial charge in [-0.3, -0.25) is 4.79 Å². The smallest absolute Gasteiger partial charge is 0.344 e. The summed E-state index contributed by atoms with van der Waals surface area (Å²) in [5.74, 6) is -3.36. The lowest BCUT2D eigenvalue weighted by Gasteiger charge is -2.14. The number of carboxylic acids is 2. The van der Waals surface area contributed by atoms with Gasteiger partial charge in [0.2, 0.25) is 0 Å². The third kappa shape index (κ3) is 7.10. The molecule has 3 unspecified atom stereocenters. The van der Waals surface area contributed by atoms with Crippen LogP contribution >= 0.6 is 0 Å². The van der Waals surface area contributed by atoms with Gasteiger partial charge in [-0.25, -0.2) is 24.5 Å². The molecule has 0 spiro atoms. The van der Waals surface area contributed by atoms with E-state index in [1.54, 1.807) is 0 Å². The third-order valence-corrected chi connectivity index (χ3v) is 6.10. The normalized spacial score (nSPS) is 12.9. The summed E-state index contributed by atoms with van der Waals surface area (Å²) in [7, 11) is 0. The highest BCUT2D eigenvalue weighted by Gasteiger charge is 2.21. The Labute approximate surface area is 249 Å². The van der Waals surface area contributed by atoms with Gasteiger partial charge in [-0.05, 0) is 57.2 Å². The van der Waals surface area contributed by atoms with Gasteiger partial charge >= 0.3 is 11.9 Å². The van der Waals surface area contributed by atoms with Gasteiger partial charge in [0.05, 0.1) is 16.7 Å². The predicted octanol–water partition coefficient (Wildman–Crippen LogP) is 3.66. The average Bonchev–Trinajstić information content (AvgIpc) is 2.97. The summed E-state index contributed by atoms with van der Waals surface area (Å²) >= 11 is 0. The van der Waals surface area contributed by atoms with Gasteiger partial charge < -0.3 is 39.7 Å². The van der Waals surface area contributed by atoms with Crippen LogP contribution in [0, 0.1) is 0 Å². The molecule has 1 heterocycles. The zero-order chi connectivity index (χ0) is 32.1. The maximum Gasteiger partial charge on any atom is 0.344 e. The molecule has 4 rings (SSSR count). The lowest BCUT2D eigenvalue weighted by molar-refractivity contribution is -0.145. The van der Waals surface area contributed by atoms with Crippen LogP contribution < -0.4 is 14.2 Å². The number of hydrogen-bond donors (Lipinski definition) is 5. The molecule has 0 aliphatic heterocycles. The predicted molar refractivity (Wildman–Crippen MR) is 153 cm³/mol. The average molecular weight is 606 g/mol. The van der Waals surface area contributed by atoms with Crippen molar-refractivity contribution in [3.8, 4) is 68.7 Å². The van der Waals surface area contributed by atoms with Crippen molar-refractivity contribution in [2.75, 3.05) is 0 Å². The number of aromatic hydroxyl groups is 3. The molecule has 3 aromatic carbocycles. The molecular weight excluding hydrogens is 578 g/mol. The van der Waals surface area contributed by atoms with Gasteiger partial charge in [0.1, 0.15) is 34.5 Å². The van der Waals surface area contributed by atoms with E-state index in [1.165, 1.54) is 75.4 Å². The number of hydrogen-bond acceptors (Lipinski definition) is 12.